The molecule has 3 nitrogen and oxygen atoms in total. The van der Waals surface area contributed by atoms with E-state index >= 15 is 0 Å². The molecule has 2 saturated carbocycles. The van der Waals surface area contributed by atoms with Crippen LogP contribution in [0.1, 0.15) is 78.6 Å². The number of hydrogen-bond donors (Lipinski definition) is 0. The molecule has 2 aliphatic carbocycles. The molecule has 1 saturated heterocycles. The largest absolute Gasteiger partial charge is 0.407 e. The highest BCUT2D eigenvalue weighted by molar-refractivity contribution is 6.99. The summed E-state index contributed by atoms with van der Waals surface area (Å²) in [6.45, 7) is 9.74. The van der Waals surface area contributed by atoms with Crippen molar-refractivity contribution in [2.24, 2.45) is 10.8 Å². The standard InChI is InChI=1S/C31H44O3Si/c1-29(2,3)35(26-12-6-4-7-13-26,27-14-8-5-9-15-27)34-25-31-19-17-30(24-31,18-20-31)21-23-33-28-16-10-11-22-32-28/h4-9,12-15,28H,10-11,16-25H2,1-3H3. The molecule has 0 radical (unpaired) electrons. The van der Waals surface area contributed by atoms with E-state index in [2.05, 4.69) is 81.4 Å². The fourth-order valence-electron chi connectivity index (χ4n) is 7.27. The second-order valence-electron chi connectivity index (χ2n) is 12.5. The van der Waals surface area contributed by atoms with Crippen LogP contribution in [-0.2, 0) is 13.9 Å². The van der Waals surface area contributed by atoms with Crippen LogP contribution in [0.25, 0.3) is 0 Å². The van der Waals surface area contributed by atoms with Crippen LogP contribution >= 0.6 is 0 Å². The van der Waals surface area contributed by atoms with E-state index in [1.165, 1.54) is 61.7 Å². The molecule has 190 valence electrons. The number of rotatable bonds is 9. The molecule has 35 heavy (non-hydrogen) atoms. The van der Waals surface area contributed by atoms with E-state index in [1.54, 1.807) is 0 Å². The first-order valence-electron chi connectivity index (χ1n) is 13.8. The minimum absolute atomic E-state index is 0.0335. The molecule has 0 aromatic heterocycles. The van der Waals surface area contributed by atoms with Gasteiger partial charge in [0.25, 0.3) is 8.32 Å². The van der Waals surface area contributed by atoms with E-state index in [0.717, 1.165) is 26.2 Å². The third kappa shape index (κ3) is 5.05. The Morgan fingerprint density at radius 3 is 2.00 bits per heavy atom. The maximum absolute atomic E-state index is 7.40. The molecule has 4 heteroatoms. The number of ether oxygens (including phenoxy) is 2. The van der Waals surface area contributed by atoms with Crippen LogP contribution in [0.3, 0.4) is 0 Å². The Bertz CT molecular complexity index is 899. The monoisotopic (exact) mass is 492 g/mol. The number of benzene rings is 2. The van der Waals surface area contributed by atoms with Gasteiger partial charge in [-0.15, -0.1) is 0 Å². The lowest BCUT2D eigenvalue weighted by Crippen LogP contribution is -2.67. The highest BCUT2D eigenvalue weighted by atomic mass is 28.4. The average Bonchev–Trinajstić information content (AvgIpc) is 3.42. The van der Waals surface area contributed by atoms with Gasteiger partial charge in [-0.3, -0.25) is 0 Å². The second kappa shape index (κ2) is 10.1. The van der Waals surface area contributed by atoms with Gasteiger partial charge in [0.05, 0.1) is 6.61 Å². The molecule has 2 bridgehead atoms. The van der Waals surface area contributed by atoms with Crippen LogP contribution in [0, 0.1) is 10.8 Å². The molecule has 1 unspecified atom stereocenters. The summed E-state index contributed by atoms with van der Waals surface area (Å²) < 4.78 is 19.3. The molecule has 3 fully saturated rings. The lowest BCUT2D eigenvalue weighted by atomic mass is 9.80. The highest BCUT2D eigenvalue weighted by Crippen LogP contribution is 2.63. The van der Waals surface area contributed by atoms with E-state index in [9.17, 15) is 0 Å². The molecule has 0 amide bonds. The second-order valence-corrected chi connectivity index (χ2v) is 16.9. The van der Waals surface area contributed by atoms with Gasteiger partial charge in [-0.05, 0) is 84.0 Å². The SMILES string of the molecule is CC(C)(C)[Si](OCC12CCC(CCOC3CCCCO3)(CC1)C2)(c1ccccc1)c1ccccc1. The van der Waals surface area contributed by atoms with Crippen LogP contribution in [0.2, 0.25) is 5.04 Å². The third-order valence-corrected chi connectivity index (χ3v) is 14.2. The van der Waals surface area contributed by atoms with Gasteiger partial charge in [0, 0.05) is 13.2 Å². The minimum atomic E-state index is -2.48. The first-order chi connectivity index (χ1) is 16.9. The maximum atomic E-state index is 7.40. The zero-order valence-electron chi connectivity index (χ0n) is 22.1. The lowest BCUT2D eigenvalue weighted by molar-refractivity contribution is -0.166. The van der Waals surface area contributed by atoms with Gasteiger partial charge in [-0.2, -0.15) is 0 Å². The molecular weight excluding hydrogens is 448 g/mol. The van der Waals surface area contributed by atoms with E-state index < -0.39 is 8.32 Å². The highest BCUT2D eigenvalue weighted by Gasteiger charge is 2.56. The molecule has 2 aromatic carbocycles. The van der Waals surface area contributed by atoms with Crippen molar-refractivity contribution in [2.45, 2.75) is 89.9 Å². The molecule has 2 aromatic rings. The summed E-state index contributed by atoms with van der Waals surface area (Å²) in [4.78, 5) is 0. The summed E-state index contributed by atoms with van der Waals surface area (Å²) in [7, 11) is -2.48. The molecule has 1 heterocycles. The Hall–Kier alpha value is -1.46. The van der Waals surface area contributed by atoms with E-state index in [-0.39, 0.29) is 11.3 Å². The van der Waals surface area contributed by atoms with Crippen molar-refractivity contribution < 1.29 is 13.9 Å². The van der Waals surface area contributed by atoms with E-state index in [1.807, 2.05) is 0 Å². The molecular formula is C31H44O3Si. The molecule has 0 spiro atoms. The smallest absolute Gasteiger partial charge is 0.261 e. The van der Waals surface area contributed by atoms with Crippen LogP contribution in [0.4, 0.5) is 0 Å². The number of fused-ring (bicyclic) bond motifs is 2. The average molecular weight is 493 g/mol. The van der Waals surface area contributed by atoms with Gasteiger partial charge in [0.15, 0.2) is 6.29 Å². The summed E-state index contributed by atoms with van der Waals surface area (Å²) in [6, 6.07) is 22.2. The number of hydrogen-bond acceptors (Lipinski definition) is 3. The van der Waals surface area contributed by atoms with Crippen molar-refractivity contribution in [2.75, 3.05) is 19.8 Å². The van der Waals surface area contributed by atoms with Crippen LogP contribution in [-0.4, -0.2) is 34.4 Å². The summed E-state index contributed by atoms with van der Waals surface area (Å²) in [6.07, 6.45) is 11.2. The van der Waals surface area contributed by atoms with Crippen LogP contribution < -0.4 is 10.4 Å². The maximum Gasteiger partial charge on any atom is 0.261 e. The van der Waals surface area contributed by atoms with E-state index in [0.29, 0.717) is 10.8 Å². The van der Waals surface area contributed by atoms with Gasteiger partial charge in [0.2, 0.25) is 0 Å². The fraction of sp³-hybridized carbons (Fsp3) is 0.613. The fourth-order valence-corrected chi connectivity index (χ4v) is 11.9. The van der Waals surface area contributed by atoms with Crippen LogP contribution in [0.15, 0.2) is 60.7 Å². The zero-order chi connectivity index (χ0) is 24.4. The van der Waals surface area contributed by atoms with Crippen molar-refractivity contribution in [3.05, 3.63) is 60.7 Å². The minimum Gasteiger partial charge on any atom is -0.407 e. The molecule has 3 aliphatic rings. The van der Waals surface area contributed by atoms with Gasteiger partial charge in [-0.1, -0.05) is 81.4 Å². The Morgan fingerprint density at radius 1 is 0.857 bits per heavy atom. The first-order valence-corrected chi connectivity index (χ1v) is 15.8. The summed E-state index contributed by atoms with van der Waals surface area (Å²) in [5, 5.41) is 2.81. The van der Waals surface area contributed by atoms with Gasteiger partial charge >= 0.3 is 0 Å². The Labute approximate surface area is 213 Å². The quantitative estimate of drug-likeness (QED) is 0.377. The third-order valence-electron chi connectivity index (χ3n) is 9.21. The molecule has 0 N–H and O–H groups in total. The summed E-state index contributed by atoms with van der Waals surface area (Å²) in [5.74, 6) is 0. The Balaban J connectivity index is 1.32. The molecule has 1 aliphatic heterocycles. The van der Waals surface area contributed by atoms with Gasteiger partial charge in [0.1, 0.15) is 0 Å². The van der Waals surface area contributed by atoms with Crippen molar-refractivity contribution in [3.63, 3.8) is 0 Å². The first kappa shape index (κ1) is 25.2. The topological polar surface area (TPSA) is 27.7 Å². The predicted octanol–water partition coefficient (Wildman–Crippen LogP) is 6.45. The zero-order valence-corrected chi connectivity index (χ0v) is 23.1. The Kier molecular flexibility index (Phi) is 7.29. The van der Waals surface area contributed by atoms with Crippen molar-refractivity contribution in [1.29, 1.82) is 0 Å². The summed E-state index contributed by atoms with van der Waals surface area (Å²) in [5.41, 5.74) is 0.776. The van der Waals surface area contributed by atoms with Crippen LogP contribution in [0.5, 0.6) is 0 Å². The van der Waals surface area contributed by atoms with Gasteiger partial charge in [-0.25, -0.2) is 0 Å². The van der Waals surface area contributed by atoms with Crippen molar-refractivity contribution in [1.82, 2.24) is 0 Å². The summed E-state index contributed by atoms with van der Waals surface area (Å²) >= 11 is 0. The van der Waals surface area contributed by atoms with E-state index in [4.69, 9.17) is 13.9 Å². The Morgan fingerprint density at radius 2 is 1.46 bits per heavy atom. The lowest BCUT2D eigenvalue weighted by Gasteiger charge is -2.45. The van der Waals surface area contributed by atoms with Crippen molar-refractivity contribution >= 4 is 18.7 Å². The van der Waals surface area contributed by atoms with Gasteiger partial charge < -0.3 is 13.9 Å². The molecule has 1 atom stereocenters. The normalized spacial score (nSPS) is 28.9. The predicted molar refractivity (Wildman–Crippen MR) is 146 cm³/mol. The van der Waals surface area contributed by atoms with Crippen molar-refractivity contribution in [3.8, 4) is 0 Å². The molecule has 5 rings (SSSR count).